The largest absolute Gasteiger partial charge is 0.493 e. The molecule has 2 aromatic carbocycles. The maximum atomic E-state index is 12.6. The Kier molecular flexibility index (Phi) is 8.93. The van der Waals surface area contributed by atoms with E-state index in [0.29, 0.717) is 36.0 Å². The molecule has 2 aromatic rings. The first-order valence-corrected chi connectivity index (χ1v) is 9.34. The van der Waals surface area contributed by atoms with Gasteiger partial charge in [-0.2, -0.15) is 8.78 Å². The molecule has 8 heteroatoms. The molecule has 0 unspecified atom stereocenters. The number of hydrogen-bond acceptors (Lipinski definition) is 4. The molecule has 0 radical (unpaired) electrons. The van der Waals surface area contributed by atoms with E-state index in [0.717, 1.165) is 11.1 Å². The Hall–Kier alpha value is -3.29. The summed E-state index contributed by atoms with van der Waals surface area (Å²) in [7, 11) is 4.82. The minimum absolute atomic E-state index is 0.129. The van der Waals surface area contributed by atoms with Gasteiger partial charge in [0.1, 0.15) is 5.75 Å². The van der Waals surface area contributed by atoms with E-state index in [1.54, 1.807) is 45.5 Å². The number of hydrogen-bond donors (Lipinski definition) is 2. The Morgan fingerprint density at radius 1 is 1.07 bits per heavy atom. The van der Waals surface area contributed by atoms with E-state index in [2.05, 4.69) is 26.9 Å². The lowest BCUT2D eigenvalue weighted by atomic mass is 10.1. The fraction of sp³-hybridized carbons (Fsp3) is 0.318. The predicted octanol–water partition coefficient (Wildman–Crippen LogP) is 3.90. The average molecular weight is 419 g/mol. The molecule has 0 bridgehead atoms. The van der Waals surface area contributed by atoms with E-state index in [1.807, 2.05) is 12.1 Å². The van der Waals surface area contributed by atoms with Crippen LogP contribution in [-0.2, 0) is 19.5 Å². The highest BCUT2D eigenvalue weighted by molar-refractivity contribution is 5.79. The van der Waals surface area contributed by atoms with Crippen LogP contribution in [0.25, 0.3) is 0 Å². The molecule has 0 spiro atoms. The van der Waals surface area contributed by atoms with Crippen molar-refractivity contribution in [3.05, 3.63) is 65.7 Å². The number of alkyl halides is 2. The molecule has 2 N–H and O–H groups in total. The van der Waals surface area contributed by atoms with Crippen molar-refractivity contribution in [2.75, 3.05) is 21.3 Å². The van der Waals surface area contributed by atoms with Gasteiger partial charge in [-0.3, -0.25) is 4.99 Å². The third-order valence-corrected chi connectivity index (χ3v) is 4.30. The second-order valence-electron chi connectivity index (χ2n) is 6.25. The summed E-state index contributed by atoms with van der Waals surface area (Å²) in [6, 6.07) is 10.5. The van der Waals surface area contributed by atoms with Gasteiger partial charge in [0.15, 0.2) is 17.5 Å². The molecule has 2 rings (SSSR count). The molecule has 0 saturated heterocycles. The van der Waals surface area contributed by atoms with Crippen molar-refractivity contribution in [2.24, 2.45) is 4.99 Å². The van der Waals surface area contributed by atoms with Crippen LogP contribution in [0, 0.1) is 0 Å². The molecule has 0 atom stereocenters. The van der Waals surface area contributed by atoms with Crippen LogP contribution in [0.3, 0.4) is 0 Å². The Bertz CT molecular complexity index is 873. The molecule has 0 aliphatic rings. The number of nitrogens with zero attached hydrogens (tertiary/aromatic N) is 1. The minimum Gasteiger partial charge on any atom is -0.493 e. The van der Waals surface area contributed by atoms with Gasteiger partial charge in [0.05, 0.1) is 14.2 Å². The van der Waals surface area contributed by atoms with Crippen molar-refractivity contribution in [1.82, 2.24) is 10.6 Å². The van der Waals surface area contributed by atoms with Crippen LogP contribution in [0.4, 0.5) is 8.78 Å². The van der Waals surface area contributed by atoms with E-state index in [9.17, 15) is 8.78 Å². The first-order chi connectivity index (χ1) is 14.5. The normalized spacial score (nSPS) is 11.2. The van der Waals surface area contributed by atoms with Crippen LogP contribution in [0.1, 0.15) is 16.7 Å². The lowest BCUT2D eigenvalue weighted by Gasteiger charge is -2.17. The lowest BCUT2D eigenvalue weighted by Crippen LogP contribution is -2.36. The summed E-state index contributed by atoms with van der Waals surface area (Å²) >= 11 is 0. The molecular formula is C22H27F2N3O3. The van der Waals surface area contributed by atoms with E-state index in [1.165, 1.54) is 6.07 Å². The van der Waals surface area contributed by atoms with Crippen molar-refractivity contribution in [3.63, 3.8) is 0 Å². The average Bonchev–Trinajstić information content (AvgIpc) is 2.74. The molecule has 0 aromatic heterocycles. The number of aliphatic imine (C=N–C) groups is 1. The van der Waals surface area contributed by atoms with Crippen molar-refractivity contribution in [3.8, 4) is 17.2 Å². The summed E-state index contributed by atoms with van der Waals surface area (Å²) in [5, 5.41) is 6.30. The zero-order valence-electron chi connectivity index (χ0n) is 17.4. The van der Waals surface area contributed by atoms with Gasteiger partial charge in [-0.05, 0) is 30.2 Å². The molecule has 0 saturated carbocycles. The Morgan fingerprint density at radius 2 is 1.80 bits per heavy atom. The quantitative estimate of drug-likeness (QED) is 0.347. The number of halogens is 2. The van der Waals surface area contributed by atoms with Gasteiger partial charge in [-0.25, -0.2) is 0 Å². The smallest absolute Gasteiger partial charge is 0.387 e. The highest BCUT2D eigenvalue weighted by atomic mass is 19.3. The monoisotopic (exact) mass is 419 g/mol. The highest BCUT2D eigenvalue weighted by Gasteiger charge is 2.13. The summed E-state index contributed by atoms with van der Waals surface area (Å²) in [6.45, 7) is 1.65. The summed E-state index contributed by atoms with van der Waals surface area (Å²) < 4.78 is 40.6. The van der Waals surface area contributed by atoms with Crippen LogP contribution >= 0.6 is 0 Å². The van der Waals surface area contributed by atoms with Gasteiger partial charge in [0.2, 0.25) is 0 Å². The number of ether oxygens (including phenoxy) is 3. The van der Waals surface area contributed by atoms with E-state index in [-0.39, 0.29) is 12.3 Å². The molecule has 0 fully saturated rings. The second-order valence-corrected chi connectivity index (χ2v) is 6.25. The summed E-state index contributed by atoms with van der Waals surface area (Å²) in [5.41, 5.74) is 2.53. The zero-order valence-corrected chi connectivity index (χ0v) is 17.4. The van der Waals surface area contributed by atoms with Gasteiger partial charge in [0.25, 0.3) is 0 Å². The van der Waals surface area contributed by atoms with Crippen LogP contribution in [0.5, 0.6) is 17.2 Å². The SMILES string of the molecule is C=CCc1cc(CNC(=NC)NCc2ccccc2OC(F)F)cc(OC)c1OC. The van der Waals surface area contributed by atoms with Gasteiger partial charge in [-0.15, -0.1) is 6.58 Å². The van der Waals surface area contributed by atoms with Crippen LogP contribution in [0.2, 0.25) is 0 Å². The molecule has 0 aliphatic heterocycles. The molecule has 162 valence electrons. The van der Waals surface area contributed by atoms with E-state index < -0.39 is 6.61 Å². The standard InChI is InChI=1S/C22H27F2N3O3/c1-5-8-16-11-15(12-19(28-3)20(16)29-4)13-26-22(25-2)27-14-17-9-6-7-10-18(17)30-21(23)24/h5-7,9-12,21H,1,8,13-14H2,2-4H3,(H2,25,26,27). The van der Waals surface area contributed by atoms with Crippen LogP contribution < -0.4 is 24.8 Å². The number of guanidine groups is 1. The topological polar surface area (TPSA) is 64.1 Å². The fourth-order valence-electron chi connectivity index (χ4n) is 2.96. The highest BCUT2D eigenvalue weighted by Crippen LogP contribution is 2.33. The van der Waals surface area contributed by atoms with Gasteiger partial charge < -0.3 is 24.8 Å². The zero-order chi connectivity index (χ0) is 21.9. The number of nitrogens with one attached hydrogen (secondary N) is 2. The molecule has 0 amide bonds. The Morgan fingerprint density at radius 3 is 2.43 bits per heavy atom. The molecule has 30 heavy (non-hydrogen) atoms. The molecular weight excluding hydrogens is 392 g/mol. The summed E-state index contributed by atoms with van der Waals surface area (Å²) in [4.78, 5) is 4.18. The molecule has 6 nitrogen and oxygen atoms in total. The third-order valence-electron chi connectivity index (χ3n) is 4.30. The number of methoxy groups -OCH3 is 2. The number of allylic oxidation sites excluding steroid dienone is 1. The van der Waals surface area contributed by atoms with Crippen molar-refractivity contribution >= 4 is 5.96 Å². The maximum Gasteiger partial charge on any atom is 0.387 e. The minimum atomic E-state index is -2.88. The second kappa shape index (κ2) is 11.6. The van der Waals surface area contributed by atoms with Crippen molar-refractivity contribution in [1.29, 1.82) is 0 Å². The van der Waals surface area contributed by atoms with Crippen molar-refractivity contribution < 1.29 is 23.0 Å². The number of rotatable bonds is 10. The molecule has 0 heterocycles. The van der Waals surface area contributed by atoms with Crippen LogP contribution in [0.15, 0.2) is 54.0 Å². The van der Waals surface area contributed by atoms with E-state index in [4.69, 9.17) is 9.47 Å². The first-order valence-electron chi connectivity index (χ1n) is 9.34. The summed E-state index contributed by atoms with van der Waals surface area (Å²) in [5.74, 6) is 1.96. The van der Waals surface area contributed by atoms with E-state index >= 15 is 0 Å². The number of para-hydroxylation sites is 1. The van der Waals surface area contributed by atoms with Crippen molar-refractivity contribution in [2.45, 2.75) is 26.1 Å². The summed E-state index contributed by atoms with van der Waals surface area (Å²) in [6.07, 6.45) is 2.44. The van der Waals surface area contributed by atoms with Gasteiger partial charge >= 0.3 is 6.61 Å². The third kappa shape index (κ3) is 6.37. The Labute approximate surface area is 175 Å². The van der Waals surface area contributed by atoms with Gasteiger partial charge in [0, 0.05) is 31.3 Å². The van der Waals surface area contributed by atoms with Gasteiger partial charge in [-0.1, -0.05) is 24.3 Å². The Balaban J connectivity index is 2.06. The number of benzene rings is 2. The predicted molar refractivity (Wildman–Crippen MR) is 114 cm³/mol. The lowest BCUT2D eigenvalue weighted by molar-refractivity contribution is -0.0504. The van der Waals surface area contributed by atoms with Crippen LogP contribution in [-0.4, -0.2) is 33.8 Å². The molecule has 0 aliphatic carbocycles. The fourth-order valence-corrected chi connectivity index (χ4v) is 2.96. The maximum absolute atomic E-state index is 12.6. The first kappa shape index (κ1) is 23.0.